The summed E-state index contributed by atoms with van der Waals surface area (Å²) in [6.07, 6.45) is 5.90. The zero-order valence-electron chi connectivity index (χ0n) is 10.3. The van der Waals surface area contributed by atoms with Crippen LogP contribution in [0.15, 0.2) is 0 Å². The second-order valence-electron chi connectivity index (χ2n) is 5.91. The Kier molecular flexibility index (Phi) is 2.91. The molecule has 2 aliphatic rings. The van der Waals surface area contributed by atoms with Crippen molar-refractivity contribution in [1.29, 1.82) is 0 Å². The fraction of sp³-hybridized carbons (Fsp3) is 1.00. The Hall–Kier alpha value is 0. The van der Waals surface area contributed by atoms with Crippen LogP contribution in [0.3, 0.4) is 0 Å². The topological polar surface area (TPSA) is 0 Å². The molecule has 2 saturated carbocycles. The molecule has 2 fully saturated rings. The second kappa shape index (κ2) is 3.87. The van der Waals surface area contributed by atoms with Crippen molar-refractivity contribution in [3.8, 4) is 0 Å². The maximum atomic E-state index is 2.47. The van der Waals surface area contributed by atoms with Gasteiger partial charge in [-0.15, -0.1) is 0 Å². The summed E-state index contributed by atoms with van der Waals surface area (Å²) in [6.45, 7) is 9.68. The van der Waals surface area contributed by atoms with Gasteiger partial charge in [0.15, 0.2) is 0 Å². The van der Waals surface area contributed by atoms with Crippen LogP contribution in [0, 0.1) is 35.5 Å². The van der Waals surface area contributed by atoms with E-state index in [4.69, 9.17) is 0 Å². The predicted octanol–water partition coefficient (Wildman–Crippen LogP) is 4.35. The van der Waals surface area contributed by atoms with Crippen LogP contribution in [0.25, 0.3) is 0 Å². The van der Waals surface area contributed by atoms with Crippen molar-refractivity contribution in [2.45, 2.75) is 53.4 Å². The smallest absolute Gasteiger partial charge is 0.0328 e. The van der Waals surface area contributed by atoms with Gasteiger partial charge in [-0.3, -0.25) is 0 Å². The van der Waals surface area contributed by atoms with Gasteiger partial charge in [-0.05, 0) is 48.3 Å². The van der Waals surface area contributed by atoms with Gasteiger partial charge in [-0.25, -0.2) is 0 Å². The third-order valence-electron chi connectivity index (χ3n) is 5.34. The molecule has 0 N–H and O–H groups in total. The summed E-state index contributed by atoms with van der Waals surface area (Å²) in [5.41, 5.74) is 0. The Morgan fingerprint density at radius 1 is 1.14 bits per heavy atom. The maximum Gasteiger partial charge on any atom is -0.0328 e. The molecule has 0 spiro atoms. The number of fused-ring (bicyclic) bond motifs is 1. The molecule has 5 unspecified atom stereocenters. The molecule has 0 nitrogen and oxygen atoms in total. The molecule has 0 aliphatic heterocycles. The van der Waals surface area contributed by atoms with Crippen LogP contribution < -0.4 is 0 Å². The Morgan fingerprint density at radius 3 is 2.29 bits per heavy atom. The molecule has 2 aliphatic carbocycles. The van der Waals surface area contributed by atoms with Gasteiger partial charge >= 0.3 is 0 Å². The van der Waals surface area contributed by atoms with Crippen molar-refractivity contribution in [2.24, 2.45) is 35.5 Å². The molecular weight excluding hydrogens is 168 g/mol. The fourth-order valence-corrected chi connectivity index (χ4v) is 4.29. The van der Waals surface area contributed by atoms with Crippen molar-refractivity contribution in [3.05, 3.63) is 0 Å². The molecule has 0 amide bonds. The van der Waals surface area contributed by atoms with E-state index < -0.39 is 0 Å². The lowest BCUT2D eigenvalue weighted by atomic mass is 9.44. The van der Waals surface area contributed by atoms with Gasteiger partial charge in [0.2, 0.25) is 0 Å². The van der Waals surface area contributed by atoms with Crippen LogP contribution in [0.4, 0.5) is 0 Å². The molecule has 14 heavy (non-hydrogen) atoms. The van der Waals surface area contributed by atoms with E-state index in [1.165, 1.54) is 19.3 Å². The summed E-state index contributed by atoms with van der Waals surface area (Å²) in [5.74, 6) is 6.42. The van der Waals surface area contributed by atoms with Crippen LogP contribution in [-0.4, -0.2) is 0 Å². The highest BCUT2D eigenvalue weighted by Gasteiger charge is 2.53. The second-order valence-corrected chi connectivity index (χ2v) is 5.91. The molecule has 0 heteroatoms. The van der Waals surface area contributed by atoms with Crippen molar-refractivity contribution in [3.63, 3.8) is 0 Å². The number of hydrogen-bond acceptors (Lipinski definition) is 0. The molecule has 0 saturated heterocycles. The van der Waals surface area contributed by atoms with E-state index in [1.54, 1.807) is 6.42 Å². The average Bonchev–Trinajstić information content (AvgIpc) is 2.15. The molecule has 0 heterocycles. The van der Waals surface area contributed by atoms with E-state index in [1.807, 2.05) is 0 Å². The van der Waals surface area contributed by atoms with Crippen LogP contribution >= 0.6 is 0 Å². The molecule has 0 aromatic heterocycles. The SMILES string of the molecule is CCC(C)C(CC)C1C[C@H]2CC(C)C12. The van der Waals surface area contributed by atoms with Gasteiger partial charge in [0.05, 0.1) is 0 Å². The van der Waals surface area contributed by atoms with Crippen molar-refractivity contribution < 1.29 is 0 Å². The average molecular weight is 194 g/mol. The van der Waals surface area contributed by atoms with Gasteiger partial charge in [-0.1, -0.05) is 40.5 Å². The Bertz CT molecular complexity index is 192. The molecule has 0 radical (unpaired) electrons. The summed E-state index contributed by atoms with van der Waals surface area (Å²) in [5, 5.41) is 0. The lowest BCUT2D eigenvalue weighted by Crippen LogP contribution is -2.53. The zero-order chi connectivity index (χ0) is 10.3. The largest absolute Gasteiger partial charge is 0.0651 e. The van der Waals surface area contributed by atoms with Crippen LogP contribution in [-0.2, 0) is 0 Å². The van der Waals surface area contributed by atoms with E-state index >= 15 is 0 Å². The van der Waals surface area contributed by atoms with E-state index in [2.05, 4.69) is 27.7 Å². The van der Waals surface area contributed by atoms with E-state index in [-0.39, 0.29) is 0 Å². The fourth-order valence-electron chi connectivity index (χ4n) is 4.29. The van der Waals surface area contributed by atoms with Crippen LogP contribution in [0.1, 0.15) is 53.4 Å². The highest BCUT2D eigenvalue weighted by molar-refractivity contribution is 5.02. The first kappa shape index (κ1) is 10.5. The molecule has 2 rings (SSSR count). The molecular formula is C14H26. The minimum absolute atomic E-state index is 0.957. The van der Waals surface area contributed by atoms with E-state index in [9.17, 15) is 0 Å². The quantitative estimate of drug-likeness (QED) is 0.624. The Balaban J connectivity index is 1.93. The first-order valence-corrected chi connectivity index (χ1v) is 6.69. The number of hydrogen-bond donors (Lipinski definition) is 0. The maximum absolute atomic E-state index is 2.47. The molecule has 0 aromatic rings. The van der Waals surface area contributed by atoms with Gasteiger partial charge in [0.1, 0.15) is 0 Å². The summed E-state index contributed by atoms with van der Waals surface area (Å²) in [7, 11) is 0. The minimum atomic E-state index is 0.957. The summed E-state index contributed by atoms with van der Waals surface area (Å²) < 4.78 is 0. The third kappa shape index (κ3) is 1.42. The predicted molar refractivity (Wildman–Crippen MR) is 62.1 cm³/mol. The van der Waals surface area contributed by atoms with E-state index in [0.29, 0.717) is 0 Å². The Labute approximate surface area is 89.5 Å². The highest BCUT2D eigenvalue weighted by Crippen LogP contribution is 2.61. The van der Waals surface area contributed by atoms with Gasteiger partial charge in [0.25, 0.3) is 0 Å². The standard InChI is InChI=1S/C14H26/c1-5-9(3)12(6-2)13-8-11-7-10(4)14(11)13/h9-14H,5-8H2,1-4H3/t9?,10?,11-,12?,13?,14?/m1/s1. The first-order valence-electron chi connectivity index (χ1n) is 6.69. The summed E-state index contributed by atoms with van der Waals surface area (Å²) in [4.78, 5) is 0. The van der Waals surface area contributed by atoms with Crippen LogP contribution in [0.5, 0.6) is 0 Å². The monoisotopic (exact) mass is 194 g/mol. The minimum Gasteiger partial charge on any atom is -0.0651 e. The summed E-state index contributed by atoms with van der Waals surface area (Å²) in [6, 6.07) is 0. The van der Waals surface area contributed by atoms with Gasteiger partial charge in [-0.2, -0.15) is 0 Å². The van der Waals surface area contributed by atoms with E-state index in [0.717, 1.165) is 35.5 Å². The molecule has 82 valence electrons. The van der Waals surface area contributed by atoms with Crippen molar-refractivity contribution >= 4 is 0 Å². The number of rotatable bonds is 4. The molecule has 0 bridgehead atoms. The lowest BCUT2D eigenvalue weighted by molar-refractivity contribution is -0.117. The third-order valence-corrected chi connectivity index (χ3v) is 5.34. The first-order chi connectivity index (χ1) is 6.69. The zero-order valence-corrected chi connectivity index (χ0v) is 10.3. The highest BCUT2D eigenvalue weighted by atomic mass is 14.6. The molecule has 0 aromatic carbocycles. The van der Waals surface area contributed by atoms with Crippen LogP contribution in [0.2, 0.25) is 0 Å². The van der Waals surface area contributed by atoms with Gasteiger partial charge in [0, 0.05) is 0 Å². The van der Waals surface area contributed by atoms with Crippen molar-refractivity contribution in [2.75, 3.05) is 0 Å². The normalized spacial score (nSPS) is 44.6. The lowest BCUT2D eigenvalue weighted by Gasteiger charge is -2.61. The Morgan fingerprint density at radius 2 is 1.86 bits per heavy atom. The van der Waals surface area contributed by atoms with Gasteiger partial charge < -0.3 is 0 Å². The van der Waals surface area contributed by atoms with Crippen molar-refractivity contribution in [1.82, 2.24) is 0 Å². The molecule has 6 atom stereocenters. The summed E-state index contributed by atoms with van der Waals surface area (Å²) >= 11 is 0.